The third-order valence-electron chi connectivity index (χ3n) is 2.53. The van der Waals surface area contributed by atoms with Crippen molar-refractivity contribution in [3.05, 3.63) is 41.8 Å². The van der Waals surface area contributed by atoms with E-state index in [-0.39, 0.29) is 11.7 Å². The first-order valence-electron chi connectivity index (χ1n) is 5.16. The summed E-state index contributed by atoms with van der Waals surface area (Å²) < 4.78 is 18.8. The van der Waals surface area contributed by atoms with Crippen LogP contribution in [-0.4, -0.2) is 10.1 Å². The quantitative estimate of drug-likeness (QED) is 0.769. The van der Waals surface area contributed by atoms with Gasteiger partial charge in [-0.25, -0.2) is 4.39 Å². The topological polar surface area (TPSA) is 64.9 Å². The molecule has 0 aliphatic heterocycles. The van der Waals surface area contributed by atoms with Crippen molar-refractivity contribution < 1.29 is 8.91 Å². The Morgan fingerprint density at radius 3 is 2.83 bits per heavy atom. The van der Waals surface area contributed by atoms with E-state index in [1.807, 2.05) is 0 Å². The lowest BCUT2D eigenvalue weighted by atomic mass is 10.0. The van der Waals surface area contributed by atoms with E-state index in [0.717, 1.165) is 4.88 Å². The molecule has 0 unspecified atom stereocenters. The lowest BCUT2D eigenvalue weighted by Crippen LogP contribution is -1.89. The predicted molar refractivity (Wildman–Crippen MR) is 67.4 cm³/mol. The van der Waals surface area contributed by atoms with Gasteiger partial charge in [0, 0.05) is 11.8 Å². The lowest BCUT2D eigenvalue weighted by Gasteiger charge is -2.02. The second-order valence-corrected chi connectivity index (χ2v) is 4.50. The fourth-order valence-corrected chi connectivity index (χ4v) is 2.34. The number of nitrogen functional groups attached to an aromatic ring is 1. The van der Waals surface area contributed by atoms with Crippen molar-refractivity contribution in [3.63, 3.8) is 0 Å². The number of hydrogen-bond donors (Lipinski definition) is 1. The molecule has 3 rings (SSSR count). The summed E-state index contributed by atoms with van der Waals surface area (Å²) in [5.74, 6) is -0.262. The van der Waals surface area contributed by atoms with Crippen LogP contribution in [0.3, 0.4) is 0 Å². The summed E-state index contributed by atoms with van der Waals surface area (Å²) in [5, 5.41) is 3.88. The molecule has 90 valence electrons. The normalized spacial score (nSPS) is 10.7. The monoisotopic (exact) mass is 261 g/mol. The molecular weight excluding hydrogens is 253 g/mol. The highest BCUT2D eigenvalue weighted by Crippen LogP contribution is 2.38. The third-order valence-corrected chi connectivity index (χ3v) is 3.31. The summed E-state index contributed by atoms with van der Waals surface area (Å²) in [6, 6.07) is 6.37. The average molecular weight is 261 g/mol. The summed E-state index contributed by atoms with van der Waals surface area (Å²) in [7, 11) is 0. The Morgan fingerprint density at radius 1 is 1.28 bits per heavy atom. The standard InChI is InChI=1S/C12H8FN3OS/c13-8-4-2-1-3-7(8)10-11(16-17-12(10)14)9-5-15-6-18-9/h1-6H,14H2. The van der Waals surface area contributed by atoms with Crippen molar-refractivity contribution in [1.82, 2.24) is 10.1 Å². The Labute approximate surface area is 106 Å². The minimum absolute atomic E-state index is 0.100. The first-order valence-corrected chi connectivity index (χ1v) is 6.04. The second-order valence-electron chi connectivity index (χ2n) is 3.62. The van der Waals surface area contributed by atoms with Crippen molar-refractivity contribution >= 4 is 17.2 Å². The van der Waals surface area contributed by atoms with Gasteiger partial charge in [-0.2, -0.15) is 0 Å². The molecule has 0 atom stereocenters. The minimum atomic E-state index is -0.363. The highest BCUT2D eigenvalue weighted by molar-refractivity contribution is 7.13. The number of hydrogen-bond acceptors (Lipinski definition) is 5. The van der Waals surface area contributed by atoms with Gasteiger partial charge in [0.2, 0.25) is 5.88 Å². The second kappa shape index (κ2) is 4.23. The molecule has 2 aromatic heterocycles. The van der Waals surface area contributed by atoms with E-state index in [1.54, 1.807) is 29.9 Å². The zero-order chi connectivity index (χ0) is 12.5. The van der Waals surface area contributed by atoms with Crippen LogP contribution < -0.4 is 5.73 Å². The summed E-state index contributed by atoms with van der Waals surface area (Å²) in [6.07, 6.45) is 1.65. The van der Waals surface area contributed by atoms with Crippen LogP contribution in [0.15, 0.2) is 40.5 Å². The van der Waals surface area contributed by atoms with Crippen LogP contribution in [-0.2, 0) is 0 Å². The Morgan fingerprint density at radius 2 is 2.11 bits per heavy atom. The zero-order valence-corrected chi connectivity index (χ0v) is 9.95. The fourth-order valence-electron chi connectivity index (χ4n) is 1.73. The van der Waals surface area contributed by atoms with Gasteiger partial charge in [-0.05, 0) is 6.07 Å². The smallest absolute Gasteiger partial charge is 0.230 e. The largest absolute Gasteiger partial charge is 0.367 e. The van der Waals surface area contributed by atoms with Crippen molar-refractivity contribution in [2.75, 3.05) is 5.73 Å². The summed E-state index contributed by atoms with van der Waals surface area (Å²) in [4.78, 5) is 4.75. The van der Waals surface area contributed by atoms with Crippen molar-refractivity contribution in [2.45, 2.75) is 0 Å². The highest BCUT2D eigenvalue weighted by atomic mass is 32.1. The maximum absolute atomic E-state index is 13.8. The highest BCUT2D eigenvalue weighted by Gasteiger charge is 2.20. The van der Waals surface area contributed by atoms with Crippen LogP contribution in [0.4, 0.5) is 10.3 Å². The summed E-state index contributed by atoms with van der Waals surface area (Å²) in [5.41, 5.74) is 8.77. The Balaban J connectivity index is 2.24. The molecule has 0 aliphatic carbocycles. The number of rotatable bonds is 2. The van der Waals surface area contributed by atoms with Gasteiger partial charge in [0.05, 0.1) is 16.0 Å². The van der Waals surface area contributed by atoms with Crippen LogP contribution in [0.5, 0.6) is 0 Å². The maximum Gasteiger partial charge on any atom is 0.230 e. The van der Waals surface area contributed by atoms with E-state index in [2.05, 4.69) is 10.1 Å². The number of anilines is 1. The van der Waals surface area contributed by atoms with Crippen molar-refractivity contribution in [3.8, 4) is 21.7 Å². The molecule has 2 N–H and O–H groups in total. The van der Waals surface area contributed by atoms with Crippen molar-refractivity contribution in [1.29, 1.82) is 0 Å². The van der Waals surface area contributed by atoms with Gasteiger partial charge in [0.25, 0.3) is 0 Å². The summed E-state index contributed by atoms with van der Waals surface area (Å²) >= 11 is 1.39. The number of nitrogens with zero attached hydrogens (tertiary/aromatic N) is 2. The number of thiazole rings is 1. The molecule has 3 aromatic rings. The Bertz CT molecular complexity index is 678. The zero-order valence-electron chi connectivity index (χ0n) is 9.13. The van der Waals surface area contributed by atoms with E-state index in [1.165, 1.54) is 17.4 Å². The number of halogens is 1. The van der Waals surface area contributed by atoms with E-state index in [9.17, 15) is 4.39 Å². The molecule has 0 bridgehead atoms. The minimum Gasteiger partial charge on any atom is -0.367 e. The van der Waals surface area contributed by atoms with Gasteiger partial charge in [0.15, 0.2) is 0 Å². The van der Waals surface area contributed by atoms with E-state index in [0.29, 0.717) is 16.8 Å². The number of benzene rings is 1. The number of aromatic nitrogens is 2. The first kappa shape index (κ1) is 10.9. The van der Waals surface area contributed by atoms with Gasteiger partial charge in [-0.3, -0.25) is 4.98 Å². The Kier molecular flexibility index (Phi) is 2.56. The van der Waals surface area contributed by atoms with Crippen molar-refractivity contribution in [2.24, 2.45) is 0 Å². The van der Waals surface area contributed by atoms with Gasteiger partial charge in [-0.15, -0.1) is 11.3 Å². The van der Waals surface area contributed by atoms with E-state index >= 15 is 0 Å². The van der Waals surface area contributed by atoms with Gasteiger partial charge in [-0.1, -0.05) is 23.4 Å². The molecule has 0 fully saturated rings. The molecule has 1 aromatic carbocycles. The van der Waals surface area contributed by atoms with Gasteiger partial charge < -0.3 is 10.3 Å². The van der Waals surface area contributed by atoms with Gasteiger partial charge in [0.1, 0.15) is 11.5 Å². The number of nitrogens with two attached hydrogens (primary N) is 1. The summed E-state index contributed by atoms with van der Waals surface area (Å²) in [6.45, 7) is 0. The molecule has 6 heteroatoms. The van der Waals surface area contributed by atoms with Crippen LogP contribution in [0.25, 0.3) is 21.7 Å². The fraction of sp³-hybridized carbons (Fsp3) is 0. The first-order chi connectivity index (χ1) is 8.77. The maximum atomic E-state index is 13.8. The lowest BCUT2D eigenvalue weighted by molar-refractivity contribution is 0.439. The van der Waals surface area contributed by atoms with E-state index in [4.69, 9.17) is 10.3 Å². The molecule has 0 aliphatic rings. The molecular formula is C12H8FN3OS. The molecule has 4 nitrogen and oxygen atoms in total. The molecule has 0 amide bonds. The SMILES string of the molecule is Nc1onc(-c2cncs2)c1-c1ccccc1F. The molecule has 0 spiro atoms. The molecule has 0 saturated heterocycles. The van der Waals surface area contributed by atoms with Gasteiger partial charge >= 0.3 is 0 Å². The Hall–Kier alpha value is -2.21. The molecule has 0 saturated carbocycles. The van der Waals surface area contributed by atoms with Crippen LogP contribution in [0.1, 0.15) is 0 Å². The molecule has 0 radical (unpaired) electrons. The van der Waals surface area contributed by atoms with Crippen LogP contribution in [0, 0.1) is 5.82 Å². The predicted octanol–water partition coefficient (Wildman–Crippen LogP) is 3.19. The third kappa shape index (κ3) is 1.67. The van der Waals surface area contributed by atoms with E-state index < -0.39 is 0 Å². The molecule has 2 heterocycles. The van der Waals surface area contributed by atoms with Crippen LogP contribution in [0.2, 0.25) is 0 Å². The molecule has 18 heavy (non-hydrogen) atoms. The van der Waals surface area contributed by atoms with Crippen LogP contribution >= 0.6 is 11.3 Å². The average Bonchev–Trinajstić information content (AvgIpc) is 2.99.